The number of hydrogen-bond acceptors (Lipinski definition) is 10. The predicted molar refractivity (Wildman–Crippen MR) is 113 cm³/mol. The largest absolute Gasteiger partial charge is 0.508 e. The Hall–Kier alpha value is -2.94. The summed E-state index contributed by atoms with van der Waals surface area (Å²) in [7, 11) is 0. The van der Waals surface area contributed by atoms with Crippen molar-refractivity contribution in [3.8, 4) is 6.07 Å². The van der Waals surface area contributed by atoms with Crippen molar-refractivity contribution in [1.29, 1.82) is 5.26 Å². The maximum Gasteiger partial charge on any atom is 0.508 e. The van der Waals surface area contributed by atoms with Gasteiger partial charge in [0.15, 0.2) is 11.6 Å². The highest BCUT2D eigenvalue weighted by Gasteiger charge is 2.65. The van der Waals surface area contributed by atoms with Crippen molar-refractivity contribution in [2.45, 2.75) is 76.3 Å². The van der Waals surface area contributed by atoms with Gasteiger partial charge in [0.2, 0.25) is 5.60 Å². The van der Waals surface area contributed by atoms with Crippen LogP contribution < -0.4 is 5.73 Å². The van der Waals surface area contributed by atoms with Crippen molar-refractivity contribution < 1.29 is 28.5 Å². The quantitative estimate of drug-likeness (QED) is 0.680. The van der Waals surface area contributed by atoms with E-state index in [-0.39, 0.29) is 18.1 Å². The van der Waals surface area contributed by atoms with E-state index in [1.807, 2.05) is 0 Å². The number of fused-ring (bicyclic) bond motifs is 2. The number of nitrogens with zero attached hydrogens (tertiary/aromatic N) is 4. The minimum Gasteiger partial charge on any atom is -0.431 e. The third kappa shape index (κ3) is 3.68. The minimum atomic E-state index is -1.59. The number of carbonyl (C=O) groups is 1. The molecule has 0 bridgehead atoms. The summed E-state index contributed by atoms with van der Waals surface area (Å²) >= 11 is 0. The molecule has 0 amide bonds. The normalized spacial score (nSPS) is 32.2. The first-order valence-corrected chi connectivity index (χ1v) is 10.9. The van der Waals surface area contributed by atoms with Crippen molar-refractivity contribution in [3.63, 3.8) is 0 Å². The van der Waals surface area contributed by atoms with Gasteiger partial charge in [-0.25, -0.2) is 14.3 Å². The standard InChI is InChI=1S/C22H27N5O6/c1-20(2)7-12(8-20)30-19(28)29-10-22(9-23)17-16(31-21(3,4)33-17)15(32-22)13-5-6-14-18(24)25-11-26-27(13)14/h5-6,11-12,15-17H,7-8,10H2,1-4H3,(H2,24,25,26)/t15-,16-,17-,22+/m0/s1. The highest BCUT2D eigenvalue weighted by molar-refractivity contribution is 5.65. The van der Waals surface area contributed by atoms with Crippen molar-refractivity contribution in [3.05, 3.63) is 24.2 Å². The molecule has 4 atom stereocenters. The molecular weight excluding hydrogens is 430 g/mol. The highest BCUT2D eigenvalue weighted by Crippen LogP contribution is 2.50. The van der Waals surface area contributed by atoms with E-state index in [0.29, 0.717) is 17.0 Å². The number of aromatic nitrogens is 3. The molecule has 11 heteroatoms. The summed E-state index contributed by atoms with van der Waals surface area (Å²) in [5.41, 5.74) is 5.74. The molecule has 5 rings (SSSR count). The lowest BCUT2D eigenvalue weighted by molar-refractivity contribution is -0.206. The Morgan fingerprint density at radius 1 is 1.27 bits per heavy atom. The zero-order chi connectivity index (χ0) is 23.6. The Morgan fingerprint density at radius 3 is 2.73 bits per heavy atom. The van der Waals surface area contributed by atoms with Gasteiger partial charge in [-0.3, -0.25) is 0 Å². The van der Waals surface area contributed by atoms with E-state index in [4.69, 9.17) is 29.4 Å². The first-order chi connectivity index (χ1) is 15.5. The first kappa shape index (κ1) is 21.9. The van der Waals surface area contributed by atoms with Gasteiger partial charge in [0, 0.05) is 0 Å². The molecule has 176 valence electrons. The molecule has 2 aliphatic heterocycles. The summed E-state index contributed by atoms with van der Waals surface area (Å²) in [5.74, 6) is -0.648. The molecule has 0 radical (unpaired) electrons. The second kappa shape index (κ2) is 7.28. The Bertz CT molecular complexity index is 1130. The Kier molecular flexibility index (Phi) is 4.83. The first-order valence-electron chi connectivity index (χ1n) is 10.9. The molecular formula is C22H27N5O6. The Morgan fingerprint density at radius 2 is 2.03 bits per heavy atom. The van der Waals surface area contributed by atoms with Crippen LogP contribution in [0.4, 0.5) is 10.6 Å². The average molecular weight is 457 g/mol. The lowest BCUT2D eigenvalue weighted by atomic mass is 9.70. The molecule has 4 heterocycles. The average Bonchev–Trinajstić information content (AvgIpc) is 3.36. The summed E-state index contributed by atoms with van der Waals surface area (Å²) in [6.45, 7) is 7.37. The van der Waals surface area contributed by atoms with Gasteiger partial charge < -0.3 is 29.4 Å². The van der Waals surface area contributed by atoms with Crippen LogP contribution in [0.3, 0.4) is 0 Å². The number of carbonyl (C=O) groups excluding carboxylic acids is 1. The third-order valence-corrected chi connectivity index (χ3v) is 6.44. The van der Waals surface area contributed by atoms with Gasteiger partial charge in [-0.1, -0.05) is 13.8 Å². The van der Waals surface area contributed by atoms with Crippen molar-refractivity contribution in [2.75, 3.05) is 12.3 Å². The van der Waals surface area contributed by atoms with Gasteiger partial charge in [-0.2, -0.15) is 10.4 Å². The van der Waals surface area contributed by atoms with Crippen LogP contribution in [0.1, 0.15) is 52.3 Å². The maximum atomic E-state index is 12.3. The molecule has 0 aromatic carbocycles. The van der Waals surface area contributed by atoms with Crippen molar-refractivity contribution in [2.24, 2.45) is 5.41 Å². The van der Waals surface area contributed by atoms with Crippen LogP contribution in [-0.4, -0.2) is 57.1 Å². The van der Waals surface area contributed by atoms with E-state index in [1.165, 1.54) is 6.33 Å². The fraction of sp³-hybridized carbons (Fsp3) is 0.636. The number of nitrogens with two attached hydrogens (primary N) is 1. The van der Waals surface area contributed by atoms with Crippen LogP contribution in [0.5, 0.6) is 0 Å². The van der Waals surface area contributed by atoms with Gasteiger partial charge in [-0.15, -0.1) is 0 Å². The van der Waals surface area contributed by atoms with Crippen LogP contribution in [-0.2, 0) is 23.7 Å². The molecule has 0 unspecified atom stereocenters. The van der Waals surface area contributed by atoms with Crippen LogP contribution in [0, 0.1) is 16.7 Å². The summed E-state index contributed by atoms with van der Waals surface area (Å²) in [6, 6.07) is 5.72. The molecule has 0 spiro atoms. The van der Waals surface area contributed by atoms with Crippen LogP contribution in [0.25, 0.3) is 5.52 Å². The number of anilines is 1. The predicted octanol–water partition coefficient (Wildman–Crippen LogP) is 2.51. The number of ether oxygens (including phenoxy) is 5. The molecule has 1 saturated carbocycles. The molecule has 1 aliphatic carbocycles. The smallest absolute Gasteiger partial charge is 0.431 e. The highest BCUT2D eigenvalue weighted by atomic mass is 16.8. The topological polar surface area (TPSA) is 143 Å². The summed E-state index contributed by atoms with van der Waals surface area (Å²) in [4.78, 5) is 16.3. The second-order valence-electron chi connectivity index (χ2n) is 10.1. The van der Waals surface area contributed by atoms with E-state index in [2.05, 4.69) is 30.0 Å². The molecule has 3 fully saturated rings. The summed E-state index contributed by atoms with van der Waals surface area (Å²) in [5, 5.41) is 14.4. The maximum absolute atomic E-state index is 12.3. The van der Waals surface area contributed by atoms with Gasteiger partial charge in [-0.05, 0) is 44.2 Å². The lowest BCUT2D eigenvalue weighted by Crippen LogP contribution is -2.47. The van der Waals surface area contributed by atoms with E-state index in [0.717, 1.165) is 12.8 Å². The number of nitriles is 1. The molecule has 33 heavy (non-hydrogen) atoms. The van der Waals surface area contributed by atoms with E-state index < -0.39 is 35.9 Å². The van der Waals surface area contributed by atoms with Gasteiger partial charge in [0.05, 0.1) is 5.69 Å². The fourth-order valence-electron chi connectivity index (χ4n) is 4.98. The molecule has 2 aromatic heterocycles. The molecule has 2 N–H and O–H groups in total. The fourth-order valence-corrected chi connectivity index (χ4v) is 4.98. The van der Waals surface area contributed by atoms with E-state index >= 15 is 0 Å². The number of nitrogen functional groups attached to an aromatic ring is 1. The van der Waals surface area contributed by atoms with Crippen molar-refractivity contribution >= 4 is 17.5 Å². The van der Waals surface area contributed by atoms with Crippen LogP contribution in [0.2, 0.25) is 0 Å². The molecule has 3 aliphatic rings. The van der Waals surface area contributed by atoms with Gasteiger partial charge in [0.25, 0.3) is 0 Å². The second-order valence-corrected chi connectivity index (χ2v) is 10.1. The van der Waals surface area contributed by atoms with E-state index in [1.54, 1.807) is 30.5 Å². The Labute approximate surface area is 190 Å². The van der Waals surface area contributed by atoms with Gasteiger partial charge in [0.1, 0.15) is 48.9 Å². The Balaban J connectivity index is 1.39. The third-order valence-electron chi connectivity index (χ3n) is 6.44. The molecule has 2 saturated heterocycles. The lowest BCUT2D eigenvalue weighted by Gasteiger charge is -2.41. The number of hydrogen-bond donors (Lipinski definition) is 1. The summed E-state index contributed by atoms with van der Waals surface area (Å²) in [6.07, 6.45) is -0.299. The number of rotatable bonds is 4. The van der Waals surface area contributed by atoms with E-state index in [9.17, 15) is 10.1 Å². The zero-order valence-electron chi connectivity index (χ0n) is 19.0. The SMILES string of the molecule is CC1(C)CC(OC(=O)OC[C@@]2(C#N)O[C@@H](c3ccc4c(N)ncnn34)[C@@H]3OC(C)(C)O[C@@H]32)C1. The molecule has 11 nitrogen and oxygen atoms in total. The van der Waals surface area contributed by atoms with Crippen LogP contribution in [0.15, 0.2) is 18.5 Å². The van der Waals surface area contributed by atoms with Crippen molar-refractivity contribution in [1.82, 2.24) is 14.6 Å². The minimum absolute atomic E-state index is 0.154. The zero-order valence-corrected chi connectivity index (χ0v) is 19.0. The molecule has 2 aromatic rings. The van der Waals surface area contributed by atoms with Crippen LogP contribution >= 0.6 is 0 Å². The van der Waals surface area contributed by atoms with Gasteiger partial charge >= 0.3 is 6.16 Å². The monoisotopic (exact) mass is 457 g/mol. The summed E-state index contributed by atoms with van der Waals surface area (Å²) < 4.78 is 30.7.